The van der Waals surface area contributed by atoms with E-state index in [-0.39, 0.29) is 29.6 Å². The summed E-state index contributed by atoms with van der Waals surface area (Å²) in [5.74, 6) is 2.84. The van der Waals surface area contributed by atoms with Gasteiger partial charge in [-0.1, -0.05) is 206 Å². The van der Waals surface area contributed by atoms with Crippen molar-refractivity contribution in [2.24, 2.45) is 28.7 Å². The molecule has 7 aliphatic carbocycles. The highest BCUT2D eigenvalue weighted by molar-refractivity contribution is 6.01. The Bertz CT molecular complexity index is 3090. The number of rotatable bonds is 6. The summed E-state index contributed by atoms with van der Waals surface area (Å²) in [5, 5.41) is 10.3. The Balaban J connectivity index is 0.853. The monoisotopic (exact) mass is 839 g/mol. The van der Waals surface area contributed by atoms with Gasteiger partial charge in [0.2, 0.25) is 0 Å². The molecule has 0 fully saturated rings. The molecule has 3 heteroatoms. The molecule has 0 saturated carbocycles. The van der Waals surface area contributed by atoms with E-state index in [1.165, 1.54) is 60.9 Å². The average Bonchev–Trinajstić information content (AvgIpc) is 3.85. The van der Waals surface area contributed by atoms with Crippen molar-refractivity contribution < 1.29 is 0 Å². The number of nitrogens with one attached hydrogen (secondary N) is 2. The summed E-state index contributed by atoms with van der Waals surface area (Å²) >= 11 is 0. The first-order valence-electron chi connectivity index (χ1n) is 24.0. The van der Waals surface area contributed by atoms with Gasteiger partial charge < -0.3 is 5.32 Å². The molecule has 8 aliphatic rings. The highest BCUT2D eigenvalue weighted by Crippen LogP contribution is 2.69. The SMILES string of the molecule is C1=CCC2C(=C1)C1(c3ccccc32)c2cc3ccccc3c(-c3ccccc3)c2C2C=CC(C3C=CC(C4C=C(C5N=C(c6ccccc6)NC(C6C=CC=CC6)N5)C=CC4)=CC3)=CC21. The van der Waals surface area contributed by atoms with Crippen LogP contribution in [0, 0.1) is 23.7 Å². The zero-order valence-corrected chi connectivity index (χ0v) is 36.6. The van der Waals surface area contributed by atoms with Gasteiger partial charge in [0.25, 0.3) is 0 Å². The predicted molar refractivity (Wildman–Crippen MR) is 269 cm³/mol. The van der Waals surface area contributed by atoms with E-state index in [0.717, 1.165) is 37.1 Å². The normalized spacial score (nSPS) is 30.1. The molecule has 3 nitrogen and oxygen atoms in total. The summed E-state index contributed by atoms with van der Waals surface area (Å²) in [6, 6.07) is 42.9. The molecule has 1 heterocycles. The minimum absolute atomic E-state index is 0.0832. The highest BCUT2D eigenvalue weighted by atomic mass is 15.3. The van der Waals surface area contributed by atoms with Gasteiger partial charge in [0.05, 0.1) is 6.17 Å². The Morgan fingerprint density at radius 3 is 2.25 bits per heavy atom. The molecule has 0 aromatic heterocycles. The lowest BCUT2D eigenvalue weighted by atomic mass is 9.63. The maximum Gasteiger partial charge on any atom is 0.131 e. The molecule has 316 valence electrons. The van der Waals surface area contributed by atoms with Crippen molar-refractivity contribution >= 4 is 16.6 Å². The van der Waals surface area contributed by atoms with Crippen LogP contribution in [-0.2, 0) is 5.41 Å². The number of hydrogen-bond acceptors (Lipinski definition) is 3. The number of allylic oxidation sites excluding steroid dienone is 17. The minimum atomic E-state index is -0.251. The van der Waals surface area contributed by atoms with Crippen molar-refractivity contribution in [1.82, 2.24) is 10.6 Å². The molecule has 13 rings (SSSR count). The van der Waals surface area contributed by atoms with Gasteiger partial charge >= 0.3 is 0 Å². The Kier molecular flexibility index (Phi) is 9.34. The third-order valence-corrected chi connectivity index (χ3v) is 15.8. The van der Waals surface area contributed by atoms with Gasteiger partial charge in [0.15, 0.2) is 0 Å². The van der Waals surface area contributed by atoms with Gasteiger partial charge in [-0.05, 0) is 98.2 Å². The van der Waals surface area contributed by atoms with Crippen LogP contribution in [0.5, 0.6) is 0 Å². The molecule has 2 N–H and O–H groups in total. The Hall–Kier alpha value is -6.81. The van der Waals surface area contributed by atoms with E-state index in [4.69, 9.17) is 4.99 Å². The summed E-state index contributed by atoms with van der Waals surface area (Å²) < 4.78 is 0. The molecule has 65 heavy (non-hydrogen) atoms. The lowest BCUT2D eigenvalue weighted by molar-refractivity contribution is 0.344. The second kappa shape index (κ2) is 15.7. The van der Waals surface area contributed by atoms with Crippen LogP contribution < -0.4 is 10.6 Å². The van der Waals surface area contributed by atoms with Gasteiger partial charge in [-0.15, -0.1) is 0 Å². The van der Waals surface area contributed by atoms with Crippen molar-refractivity contribution in [1.29, 1.82) is 0 Å². The molecule has 9 unspecified atom stereocenters. The Labute approximate surface area is 383 Å². The molecule has 1 aliphatic heterocycles. The largest absolute Gasteiger partial charge is 0.354 e. The van der Waals surface area contributed by atoms with E-state index >= 15 is 0 Å². The van der Waals surface area contributed by atoms with E-state index < -0.39 is 0 Å². The molecule has 5 aromatic carbocycles. The molecular weight excluding hydrogens is 787 g/mol. The van der Waals surface area contributed by atoms with Crippen LogP contribution in [0.3, 0.4) is 0 Å². The van der Waals surface area contributed by atoms with Crippen LogP contribution in [0.15, 0.2) is 240 Å². The van der Waals surface area contributed by atoms with E-state index in [0.29, 0.717) is 23.7 Å². The summed E-state index contributed by atoms with van der Waals surface area (Å²) in [4.78, 5) is 5.30. The minimum Gasteiger partial charge on any atom is -0.354 e. The third-order valence-electron chi connectivity index (χ3n) is 15.8. The van der Waals surface area contributed by atoms with Gasteiger partial charge in [-0.2, -0.15) is 0 Å². The van der Waals surface area contributed by atoms with E-state index in [9.17, 15) is 0 Å². The molecule has 1 spiro atoms. The number of benzene rings is 5. The van der Waals surface area contributed by atoms with Gasteiger partial charge in [-0.3, -0.25) is 5.32 Å². The van der Waals surface area contributed by atoms with E-state index in [1.807, 2.05) is 0 Å². The number of hydrogen-bond donors (Lipinski definition) is 2. The number of nitrogens with zero attached hydrogens (tertiary/aromatic N) is 1. The van der Waals surface area contributed by atoms with Gasteiger partial charge in [-0.25, -0.2) is 4.99 Å². The number of aliphatic imine (C=N–C) groups is 1. The predicted octanol–water partition coefficient (Wildman–Crippen LogP) is 13.4. The van der Waals surface area contributed by atoms with Crippen molar-refractivity contribution in [3.05, 3.63) is 263 Å². The molecule has 5 aromatic rings. The topological polar surface area (TPSA) is 36.4 Å². The fourth-order valence-electron chi connectivity index (χ4n) is 12.9. The fourth-order valence-corrected chi connectivity index (χ4v) is 12.9. The van der Waals surface area contributed by atoms with E-state index in [2.05, 4.69) is 223 Å². The maximum atomic E-state index is 5.30. The van der Waals surface area contributed by atoms with Gasteiger partial charge in [0.1, 0.15) is 12.0 Å². The van der Waals surface area contributed by atoms with Crippen LogP contribution in [0.4, 0.5) is 0 Å². The molecule has 0 bridgehead atoms. The Morgan fingerprint density at radius 2 is 1.40 bits per heavy atom. The molecule has 0 saturated heterocycles. The van der Waals surface area contributed by atoms with Crippen LogP contribution in [0.25, 0.3) is 21.9 Å². The Morgan fingerprint density at radius 1 is 0.600 bits per heavy atom. The zero-order chi connectivity index (χ0) is 42.9. The van der Waals surface area contributed by atoms with Crippen molar-refractivity contribution in [3.63, 3.8) is 0 Å². The summed E-state index contributed by atoms with van der Waals surface area (Å²) in [7, 11) is 0. The smallest absolute Gasteiger partial charge is 0.131 e. The maximum absolute atomic E-state index is 5.30. The average molecular weight is 840 g/mol. The van der Waals surface area contributed by atoms with Crippen LogP contribution in [0.1, 0.15) is 65.3 Å². The van der Waals surface area contributed by atoms with Crippen molar-refractivity contribution in [2.45, 2.75) is 55.3 Å². The number of amidine groups is 1. The first-order chi connectivity index (χ1) is 32.2. The van der Waals surface area contributed by atoms with Crippen molar-refractivity contribution in [2.75, 3.05) is 0 Å². The lowest BCUT2D eigenvalue weighted by Crippen LogP contribution is -2.57. The van der Waals surface area contributed by atoms with Gasteiger partial charge in [0, 0.05) is 46.5 Å². The quantitative estimate of drug-likeness (QED) is 0.179. The molecule has 0 amide bonds. The standard InChI is InChI=1S/C62H53N3/c1-4-17-42(18-5-1)57-49-26-11-10-23-47(49)39-56-58(57)52-36-35-46(38-55(52)62(56)53-29-14-12-27-50(53)51-28-13-15-30-54(51)62)41-33-31-40(32-34-41)45-24-16-25-48(37-45)61-64-59(43-19-6-2-7-20-43)63-60(65-61)44-21-8-3-9-22-44/h1-21,23,25-27,29-33,35-39,41,44-45,51-52,55,60-61,65H,22,24,28,34H2,(H,63,64). The second-order valence-electron chi connectivity index (χ2n) is 19.2. The van der Waals surface area contributed by atoms with Crippen LogP contribution in [-0.4, -0.2) is 18.2 Å². The third kappa shape index (κ3) is 6.23. The zero-order valence-electron chi connectivity index (χ0n) is 36.6. The fraction of sp³-hybridized carbons (Fsp3) is 0.210. The first-order valence-corrected chi connectivity index (χ1v) is 24.0. The molecular formula is C62H53N3. The van der Waals surface area contributed by atoms with Crippen LogP contribution in [0.2, 0.25) is 0 Å². The summed E-state index contributed by atoms with van der Waals surface area (Å²) in [5.41, 5.74) is 15.3. The summed E-state index contributed by atoms with van der Waals surface area (Å²) in [6.07, 6.45) is 42.6. The summed E-state index contributed by atoms with van der Waals surface area (Å²) in [6.45, 7) is 0. The lowest BCUT2D eigenvalue weighted by Gasteiger charge is -2.39. The van der Waals surface area contributed by atoms with E-state index in [1.54, 1.807) is 5.57 Å². The first kappa shape index (κ1) is 38.6. The second-order valence-corrected chi connectivity index (χ2v) is 19.2. The molecule has 9 atom stereocenters. The van der Waals surface area contributed by atoms with Crippen LogP contribution >= 0.6 is 0 Å². The number of fused-ring (bicyclic) bond motifs is 11. The van der Waals surface area contributed by atoms with Crippen molar-refractivity contribution in [3.8, 4) is 11.1 Å². The molecule has 0 radical (unpaired) electrons. The highest BCUT2D eigenvalue weighted by Gasteiger charge is 2.60.